The van der Waals surface area contributed by atoms with E-state index in [0.717, 1.165) is 0 Å². The van der Waals surface area contributed by atoms with Crippen LogP contribution in [-0.2, 0) is 14.3 Å². The first-order chi connectivity index (χ1) is 6.67. The van der Waals surface area contributed by atoms with Crippen molar-refractivity contribution in [3.63, 3.8) is 0 Å². The van der Waals surface area contributed by atoms with Gasteiger partial charge in [0.05, 0.1) is 0 Å². The average molecular weight is 274 g/mol. The van der Waals surface area contributed by atoms with Gasteiger partial charge in [0.2, 0.25) is 0 Å². The van der Waals surface area contributed by atoms with Gasteiger partial charge in [0.25, 0.3) is 5.85 Å². The predicted octanol–water partition coefficient (Wildman–Crippen LogP) is -3.32. The summed E-state index contributed by atoms with van der Waals surface area (Å²) in [4.78, 5) is 10.2. The molecule has 0 aromatic carbocycles. The molecule has 0 spiro atoms. The van der Waals surface area contributed by atoms with Crippen LogP contribution >= 0.6 is 0 Å². The summed E-state index contributed by atoms with van der Waals surface area (Å²) in [5.41, 5.74) is 0. The Morgan fingerprint density at radius 3 is 2.12 bits per heavy atom. The average Bonchev–Trinajstić information content (AvgIpc) is 2.45. The molecule has 0 saturated carbocycles. The number of carboxylic acids is 1. The SMILES string of the molecule is O=C([O-])C1(C(F)(F)F)OCC(F)(CF)O1.[K+]. The Bertz CT molecular complexity index is 285. The molecule has 1 fully saturated rings. The number of alkyl halides is 5. The molecule has 0 amide bonds. The quantitative estimate of drug-likeness (QED) is 0.391. The zero-order chi connectivity index (χ0) is 11.9. The molecule has 0 aromatic rings. The predicted molar refractivity (Wildman–Crippen MR) is 30.6 cm³/mol. The maximum atomic E-state index is 12.9. The second-order valence-electron chi connectivity index (χ2n) is 2.81. The normalized spacial score (nSPS) is 34.6. The van der Waals surface area contributed by atoms with Crippen LogP contribution in [0.25, 0.3) is 0 Å². The van der Waals surface area contributed by atoms with E-state index in [-0.39, 0.29) is 51.4 Å². The summed E-state index contributed by atoms with van der Waals surface area (Å²) in [7, 11) is 0. The third-order valence-electron chi connectivity index (χ3n) is 1.66. The minimum Gasteiger partial charge on any atom is -0.544 e. The van der Waals surface area contributed by atoms with E-state index in [1.54, 1.807) is 0 Å². The largest absolute Gasteiger partial charge is 1.00 e. The van der Waals surface area contributed by atoms with E-state index in [2.05, 4.69) is 9.47 Å². The van der Waals surface area contributed by atoms with Crippen LogP contribution in [-0.4, -0.2) is 37.1 Å². The van der Waals surface area contributed by atoms with Gasteiger partial charge in [-0.1, -0.05) is 0 Å². The first-order valence-electron chi connectivity index (χ1n) is 3.54. The summed E-state index contributed by atoms with van der Waals surface area (Å²) >= 11 is 0. The van der Waals surface area contributed by atoms with Crippen molar-refractivity contribution >= 4 is 5.97 Å². The molecule has 0 bridgehead atoms. The summed E-state index contributed by atoms with van der Waals surface area (Å²) in [6.07, 6.45) is -5.56. The van der Waals surface area contributed by atoms with Crippen LogP contribution in [0.3, 0.4) is 0 Å². The van der Waals surface area contributed by atoms with E-state index < -0.39 is 37.1 Å². The zero-order valence-electron chi connectivity index (χ0n) is 7.94. The number of carbonyl (C=O) groups is 1. The third-order valence-corrected chi connectivity index (χ3v) is 1.66. The Hall–Kier alpha value is 0.676. The van der Waals surface area contributed by atoms with Crippen molar-refractivity contribution in [2.45, 2.75) is 17.8 Å². The molecule has 1 rings (SSSR count). The molecule has 1 heterocycles. The fraction of sp³-hybridized carbons (Fsp3) is 0.833. The minimum atomic E-state index is -5.56. The summed E-state index contributed by atoms with van der Waals surface area (Å²) in [6, 6.07) is 0. The van der Waals surface area contributed by atoms with Crippen molar-refractivity contribution in [1.29, 1.82) is 0 Å². The van der Waals surface area contributed by atoms with Crippen molar-refractivity contribution in [1.82, 2.24) is 0 Å². The van der Waals surface area contributed by atoms with Gasteiger partial charge in [-0.2, -0.15) is 13.2 Å². The zero-order valence-corrected chi connectivity index (χ0v) is 11.1. The van der Waals surface area contributed by atoms with Crippen molar-refractivity contribution in [2.24, 2.45) is 0 Å². The first-order valence-corrected chi connectivity index (χ1v) is 3.54. The molecule has 88 valence electrons. The molecule has 0 radical (unpaired) electrons. The number of aliphatic carboxylic acids is 1. The number of hydrogen-bond donors (Lipinski definition) is 0. The van der Waals surface area contributed by atoms with Gasteiger partial charge in [-0.3, -0.25) is 4.74 Å². The van der Waals surface area contributed by atoms with E-state index in [1.165, 1.54) is 0 Å². The molecule has 1 saturated heterocycles. The van der Waals surface area contributed by atoms with Gasteiger partial charge >= 0.3 is 63.3 Å². The monoisotopic (exact) mass is 274 g/mol. The summed E-state index contributed by atoms with van der Waals surface area (Å²) in [5, 5.41) is 10.2. The molecule has 16 heavy (non-hydrogen) atoms. The topological polar surface area (TPSA) is 58.6 Å². The van der Waals surface area contributed by atoms with E-state index >= 15 is 0 Å². The molecule has 0 aliphatic carbocycles. The number of rotatable bonds is 2. The van der Waals surface area contributed by atoms with Crippen LogP contribution in [0.1, 0.15) is 0 Å². The maximum absolute atomic E-state index is 12.9. The Morgan fingerprint density at radius 1 is 1.44 bits per heavy atom. The summed E-state index contributed by atoms with van der Waals surface area (Å²) in [6.45, 7) is -3.44. The third kappa shape index (κ3) is 2.74. The number of carboxylic acid groups (broad SMARTS) is 1. The van der Waals surface area contributed by atoms with E-state index in [0.29, 0.717) is 0 Å². The second kappa shape index (κ2) is 5.12. The Kier molecular flexibility index (Phi) is 5.34. The summed E-state index contributed by atoms with van der Waals surface area (Å²) in [5.74, 6) is -10.5. The Morgan fingerprint density at radius 2 is 1.94 bits per heavy atom. The molecular formula is C6H4F5KO4. The Labute approximate surface area is 128 Å². The molecule has 2 unspecified atom stereocenters. The minimum absolute atomic E-state index is 0. The fourth-order valence-corrected chi connectivity index (χ4v) is 0.948. The van der Waals surface area contributed by atoms with Crippen LogP contribution in [0.15, 0.2) is 0 Å². The van der Waals surface area contributed by atoms with Gasteiger partial charge in [0, 0.05) is 0 Å². The van der Waals surface area contributed by atoms with E-state index in [9.17, 15) is 31.9 Å². The molecule has 10 heteroatoms. The molecule has 0 N–H and O–H groups in total. The second-order valence-corrected chi connectivity index (χ2v) is 2.81. The number of carbonyl (C=O) groups excluding carboxylic acids is 1. The van der Waals surface area contributed by atoms with Gasteiger partial charge in [0.15, 0.2) is 6.67 Å². The fourth-order valence-electron chi connectivity index (χ4n) is 0.948. The standard InChI is InChI=1S/C6H5F5O4.K/c7-1-4(8)2-14-5(15-4,3(12)13)6(9,10)11;/h1-2H2,(H,12,13);/q;+1/p-1. The Balaban J connectivity index is 0.00000225. The van der Waals surface area contributed by atoms with Crippen LogP contribution in [0.4, 0.5) is 22.0 Å². The molecule has 0 aromatic heterocycles. The van der Waals surface area contributed by atoms with Gasteiger partial charge in [-0.05, 0) is 0 Å². The first kappa shape index (κ1) is 16.7. The molecule has 4 nitrogen and oxygen atoms in total. The van der Waals surface area contributed by atoms with Crippen molar-refractivity contribution < 1.29 is 92.7 Å². The van der Waals surface area contributed by atoms with E-state index in [1.807, 2.05) is 0 Å². The van der Waals surface area contributed by atoms with Crippen LogP contribution in [0.2, 0.25) is 0 Å². The van der Waals surface area contributed by atoms with Crippen molar-refractivity contribution in [2.75, 3.05) is 13.3 Å². The van der Waals surface area contributed by atoms with Gasteiger partial charge in [-0.25, -0.2) is 8.78 Å². The molecular weight excluding hydrogens is 270 g/mol. The molecule has 2 atom stereocenters. The maximum Gasteiger partial charge on any atom is 1.00 e. The molecule has 1 aliphatic rings. The van der Waals surface area contributed by atoms with Crippen LogP contribution in [0.5, 0.6) is 0 Å². The molecule has 1 aliphatic heterocycles. The smallest absolute Gasteiger partial charge is 0.544 e. The van der Waals surface area contributed by atoms with E-state index in [4.69, 9.17) is 0 Å². The van der Waals surface area contributed by atoms with Crippen molar-refractivity contribution in [3.05, 3.63) is 0 Å². The van der Waals surface area contributed by atoms with Gasteiger partial charge in [0.1, 0.15) is 12.6 Å². The summed E-state index contributed by atoms with van der Waals surface area (Å²) < 4.78 is 68.5. The van der Waals surface area contributed by atoms with Crippen molar-refractivity contribution in [3.8, 4) is 0 Å². The van der Waals surface area contributed by atoms with Gasteiger partial charge in [-0.15, -0.1) is 0 Å². The number of hydrogen-bond acceptors (Lipinski definition) is 4. The van der Waals surface area contributed by atoms with Crippen LogP contribution < -0.4 is 56.5 Å². The van der Waals surface area contributed by atoms with Gasteiger partial charge < -0.3 is 14.6 Å². The number of ether oxygens (including phenoxy) is 2. The number of halogens is 5. The van der Waals surface area contributed by atoms with Crippen LogP contribution in [0, 0.1) is 0 Å².